The van der Waals surface area contributed by atoms with Gasteiger partial charge in [-0.25, -0.2) is 9.78 Å². The summed E-state index contributed by atoms with van der Waals surface area (Å²) in [5.41, 5.74) is 2.49. The number of nitrogens with zero attached hydrogens (tertiary/aromatic N) is 1. The maximum Gasteiger partial charge on any atom is 0.343 e. The average Bonchev–Trinajstić information content (AvgIpc) is 3.29. The third-order valence-electron chi connectivity index (χ3n) is 5.46. The molecule has 0 aliphatic carbocycles. The Morgan fingerprint density at radius 3 is 2.27 bits per heavy atom. The molecular weight excluding hydrogens is 430 g/mol. The van der Waals surface area contributed by atoms with Crippen LogP contribution in [0.15, 0.2) is 72.8 Å². The van der Waals surface area contributed by atoms with Crippen molar-refractivity contribution in [3.05, 3.63) is 78.4 Å². The number of hydrogen-bond acceptors (Lipinski definition) is 5. The fourth-order valence-corrected chi connectivity index (χ4v) is 4.56. The van der Waals surface area contributed by atoms with Crippen LogP contribution in [0.2, 0.25) is 0 Å². The summed E-state index contributed by atoms with van der Waals surface area (Å²) in [6.07, 6.45) is 7.40. The Morgan fingerprint density at radius 1 is 0.818 bits per heavy atom. The van der Waals surface area contributed by atoms with Gasteiger partial charge in [0.05, 0.1) is 22.4 Å². The van der Waals surface area contributed by atoms with E-state index < -0.39 is 0 Å². The Morgan fingerprint density at radius 2 is 1.52 bits per heavy atom. The SMILES string of the molecule is CCCCCCCCOc1ccc(C(=O)Oc2ccc(-c3nc4ccccc4s3)cc2)cc1. The normalized spacial score (nSPS) is 10.9. The zero-order valence-electron chi connectivity index (χ0n) is 19.0. The highest BCUT2D eigenvalue weighted by Gasteiger charge is 2.10. The fraction of sp³-hybridized carbons (Fsp3) is 0.286. The number of carbonyl (C=O) groups is 1. The van der Waals surface area contributed by atoms with E-state index in [1.807, 2.05) is 42.5 Å². The Hall–Kier alpha value is -3.18. The Labute approximate surface area is 199 Å². The van der Waals surface area contributed by atoms with Crippen LogP contribution in [-0.2, 0) is 0 Å². The summed E-state index contributed by atoms with van der Waals surface area (Å²) in [6, 6.07) is 22.7. The smallest absolute Gasteiger partial charge is 0.343 e. The molecule has 0 saturated carbocycles. The van der Waals surface area contributed by atoms with E-state index in [0.717, 1.165) is 33.0 Å². The molecule has 0 atom stereocenters. The van der Waals surface area contributed by atoms with Crippen molar-refractivity contribution < 1.29 is 14.3 Å². The molecular formula is C28H29NO3S. The summed E-state index contributed by atoms with van der Waals surface area (Å²) in [6.45, 7) is 2.93. The van der Waals surface area contributed by atoms with Gasteiger partial charge in [-0.15, -0.1) is 11.3 Å². The van der Waals surface area contributed by atoms with E-state index in [1.54, 1.807) is 35.6 Å². The molecule has 0 N–H and O–H groups in total. The largest absolute Gasteiger partial charge is 0.494 e. The van der Waals surface area contributed by atoms with E-state index in [2.05, 4.69) is 18.0 Å². The minimum Gasteiger partial charge on any atom is -0.494 e. The molecule has 0 amide bonds. The quantitative estimate of drug-likeness (QED) is 0.130. The number of carbonyl (C=O) groups excluding carboxylic acids is 1. The lowest BCUT2D eigenvalue weighted by atomic mass is 10.1. The Kier molecular flexibility index (Phi) is 8.09. The minimum atomic E-state index is -0.384. The van der Waals surface area contributed by atoms with Crippen LogP contribution >= 0.6 is 11.3 Å². The van der Waals surface area contributed by atoms with Gasteiger partial charge in [0.25, 0.3) is 0 Å². The van der Waals surface area contributed by atoms with Crippen molar-refractivity contribution in [1.82, 2.24) is 4.98 Å². The van der Waals surface area contributed by atoms with Gasteiger partial charge in [-0.1, -0.05) is 51.2 Å². The Balaban J connectivity index is 1.27. The number of rotatable bonds is 11. The van der Waals surface area contributed by atoms with Crippen molar-refractivity contribution >= 4 is 27.5 Å². The monoisotopic (exact) mass is 459 g/mol. The summed E-state index contributed by atoms with van der Waals surface area (Å²) in [7, 11) is 0. The van der Waals surface area contributed by atoms with Crippen LogP contribution in [0, 0.1) is 0 Å². The van der Waals surface area contributed by atoms with Gasteiger partial charge in [-0.05, 0) is 67.1 Å². The molecule has 0 fully saturated rings. The second-order valence-electron chi connectivity index (χ2n) is 8.04. The van der Waals surface area contributed by atoms with Crippen molar-refractivity contribution in [2.45, 2.75) is 45.4 Å². The highest BCUT2D eigenvalue weighted by atomic mass is 32.1. The molecule has 0 radical (unpaired) electrons. The molecule has 0 saturated heterocycles. The molecule has 0 unspecified atom stereocenters. The van der Waals surface area contributed by atoms with Gasteiger partial charge in [0.1, 0.15) is 16.5 Å². The van der Waals surface area contributed by atoms with E-state index in [4.69, 9.17) is 9.47 Å². The van der Waals surface area contributed by atoms with Crippen molar-refractivity contribution in [3.63, 3.8) is 0 Å². The third-order valence-corrected chi connectivity index (χ3v) is 6.55. The summed E-state index contributed by atoms with van der Waals surface area (Å²) >= 11 is 1.65. The number of hydrogen-bond donors (Lipinski definition) is 0. The maximum absolute atomic E-state index is 12.5. The van der Waals surface area contributed by atoms with Gasteiger partial charge in [0, 0.05) is 5.56 Å². The molecule has 1 heterocycles. The maximum atomic E-state index is 12.5. The second-order valence-corrected chi connectivity index (χ2v) is 9.07. The van der Waals surface area contributed by atoms with Gasteiger partial charge in [-0.3, -0.25) is 0 Å². The van der Waals surface area contributed by atoms with Gasteiger partial charge in [-0.2, -0.15) is 0 Å². The minimum absolute atomic E-state index is 0.384. The molecule has 0 aliphatic rings. The number of para-hydroxylation sites is 1. The van der Waals surface area contributed by atoms with Crippen LogP contribution in [0.3, 0.4) is 0 Å². The molecule has 5 heteroatoms. The predicted molar refractivity (Wildman–Crippen MR) is 135 cm³/mol. The van der Waals surface area contributed by atoms with Gasteiger partial charge < -0.3 is 9.47 Å². The van der Waals surface area contributed by atoms with E-state index in [-0.39, 0.29) is 5.97 Å². The third kappa shape index (κ3) is 6.42. The molecule has 0 aliphatic heterocycles. The highest BCUT2D eigenvalue weighted by Crippen LogP contribution is 2.31. The van der Waals surface area contributed by atoms with E-state index in [0.29, 0.717) is 17.9 Å². The van der Waals surface area contributed by atoms with Gasteiger partial charge in [0.15, 0.2) is 0 Å². The number of benzene rings is 3. The van der Waals surface area contributed by atoms with E-state index in [9.17, 15) is 4.79 Å². The Bertz CT molecular complexity index is 1130. The van der Waals surface area contributed by atoms with Gasteiger partial charge >= 0.3 is 5.97 Å². The van der Waals surface area contributed by atoms with Crippen LogP contribution in [0.5, 0.6) is 11.5 Å². The van der Waals surface area contributed by atoms with E-state index >= 15 is 0 Å². The van der Waals surface area contributed by atoms with Crippen molar-refractivity contribution in [2.24, 2.45) is 0 Å². The summed E-state index contributed by atoms with van der Waals surface area (Å²) in [5.74, 6) is 0.902. The highest BCUT2D eigenvalue weighted by molar-refractivity contribution is 7.21. The lowest BCUT2D eigenvalue weighted by molar-refractivity contribution is 0.0734. The molecule has 3 aromatic carbocycles. The average molecular weight is 460 g/mol. The number of unbranched alkanes of at least 4 members (excludes halogenated alkanes) is 5. The second kappa shape index (κ2) is 11.6. The zero-order valence-corrected chi connectivity index (χ0v) is 19.8. The van der Waals surface area contributed by atoms with Crippen LogP contribution < -0.4 is 9.47 Å². The van der Waals surface area contributed by atoms with Crippen LogP contribution in [0.4, 0.5) is 0 Å². The molecule has 170 valence electrons. The number of thiazole rings is 1. The molecule has 1 aromatic heterocycles. The fourth-order valence-electron chi connectivity index (χ4n) is 3.59. The molecule has 4 aromatic rings. The first-order valence-corrected chi connectivity index (χ1v) is 12.5. The molecule has 0 bridgehead atoms. The molecule has 0 spiro atoms. The number of ether oxygens (including phenoxy) is 2. The lowest BCUT2D eigenvalue weighted by Gasteiger charge is -2.08. The van der Waals surface area contributed by atoms with Crippen LogP contribution in [0.25, 0.3) is 20.8 Å². The van der Waals surface area contributed by atoms with Crippen molar-refractivity contribution in [2.75, 3.05) is 6.61 Å². The summed E-state index contributed by atoms with van der Waals surface area (Å²) in [4.78, 5) is 17.2. The predicted octanol–water partition coefficient (Wildman–Crippen LogP) is 7.92. The van der Waals surface area contributed by atoms with Crippen LogP contribution in [0.1, 0.15) is 55.8 Å². The topological polar surface area (TPSA) is 48.4 Å². The molecule has 4 rings (SSSR count). The molecule has 4 nitrogen and oxygen atoms in total. The number of aromatic nitrogens is 1. The number of esters is 1. The standard InChI is InChI=1S/C28H29NO3S/c1-2-3-4-5-6-9-20-31-23-16-14-22(15-17-23)28(30)32-24-18-12-21(13-19-24)27-29-25-10-7-8-11-26(25)33-27/h7-8,10-19H,2-6,9,20H2,1H3. The van der Waals surface area contributed by atoms with Crippen LogP contribution in [-0.4, -0.2) is 17.6 Å². The summed E-state index contributed by atoms with van der Waals surface area (Å²) < 4.78 is 12.5. The lowest BCUT2D eigenvalue weighted by Crippen LogP contribution is -2.08. The summed E-state index contributed by atoms with van der Waals surface area (Å²) in [5, 5.41) is 0.950. The molecule has 33 heavy (non-hydrogen) atoms. The van der Waals surface area contributed by atoms with Crippen molar-refractivity contribution in [1.29, 1.82) is 0 Å². The number of fused-ring (bicyclic) bond motifs is 1. The zero-order chi connectivity index (χ0) is 22.9. The first kappa shape index (κ1) is 23.0. The van der Waals surface area contributed by atoms with E-state index in [1.165, 1.54) is 32.1 Å². The van der Waals surface area contributed by atoms with Crippen molar-refractivity contribution in [3.8, 4) is 22.1 Å². The van der Waals surface area contributed by atoms with Gasteiger partial charge in [0.2, 0.25) is 0 Å². The first-order valence-electron chi connectivity index (χ1n) is 11.6. The first-order chi connectivity index (χ1) is 16.2.